The molecule has 2 N–H and O–H groups in total. The van der Waals surface area contributed by atoms with Crippen molar-refractivity contribution in [3.05, 3.63) is 0 Å². The Morgan fingerprint density at radius 1 is 1.38 bits per heavy atom. The topological polar surface area (TPSA) is 61.8 Å². The van der Waals surface area contributed by atoms with Crippen LogP contribution in [0.4, 0.5) is 4.79 Å². The highest BCUT2D eigenvalue weighted by Gasteiger charge is 2.30. The largest absolute Gasteiger partial charge is 0.453 e. The van der Waals surface area contributed by atoms with Crippen LogP contribution in [0.25, 0.3) is 0 Å². The fourth-order valence-electron chi connectivity index (χ4n) is 2.01. The number of hydrogen-bond acceptors (Lipinski definition) is 4. The molecule has 1 amide bonds. The normalized spacial score (nSPS) is 20.8. The Balaban J connectivity index is 2.57. The summed E-state index contributed by atoms with van der Waals surface area (Å²) in [5, 5.41) is 12.9. The van der Waals surface area contributed by atoms with Gasteiger partial charge in [-0.3, -0.25) is 4.90 Å². The van der Waals surface area contributed by atoms with Crippen molar-refractivity contribution in [1.29, 1.82) is 0 Å². The van der Waals surface area contributed by atoms with E-state index in [0.29, 0.717) is 0 Å². The summed E-state index contributed by atoms with van der Waals surface area (Å²) < 4.78 is 4.56. The quantitative estimate of drug-likeness (QED) is 0.749. The first kappa shape index (κ1) is 13.3. The Morgan fingerprint density at radius 3 is 2.38 bits per heavy atom. The molecule has 5 heteroatoms. The molecular formula is C11H22N2O3. The maximum atomic E-state index is 11.2. The lowest BCUT2D eigenvalue weighted by Gasteiger charge is -2.32. The zero-order valence-corrected chi connectivity index (χ0v) is 10.3. The average molecular weight is 230 g/mol. The van der Waals surface area contributed by atoms with Gasteiger partial charge in [0, 0.05) is 13.1 Å². The maximum absolute atomic E-state index is 11.2. The number of aliphatic hydroxyl groups excluding tert-OH is 1. The van der Waals surface area contributed by atoms with Crippen molar-refractivity contribution in [3.63, 3.8) is 0 Å². The number of rotatable bonds is 4. The minimum Gasteiger partial charge on any atom is -0.453 e. The Labute approximate surface area is 96.8 Å². The van der Waals surface area contributed by atoms with Gasteiger partial charge in [-0.05, 0) is 18.8 Å². The highest BCUT2D eigenvalue weighted by molar-refractivity contribution is 5.67. The van der Waals surface area contributed by atoms with Crippen LogP contribution >= 0.6 is 0 Å². The summed E-state index contributed by atoms with van der Waals surface area (Å²) >= 11 is 0. The Kier molecular flexibility index (Phi) is 5.02. The summed E-state index contributed by atoms with van der Waals surface area (Å²) in [5.41, 5.74) is 0. The van der Waals surface area contributed by atoms with E-state index < -0.39 is 12.3 Å². The predicted molar refractivity (Wildman–Crippen MR) is 61.0 cm³/mol. The fraction of sp³-hybridized carbons (Fsp3) is 0.909. The van der Waals surface area contributed by atoms with Gasteiger partial charge < -0.3 is 15.2 Å². The van der Waals surface area contributed by atoms with Crippen LogP contribution in [0, 0.1) is 5.92 Å². The minimum atomic E-state index is -0.624. The van der Waals surface area contributed by atoms with E-state index in [9.17, 15) is 9.90 Å². The van der Waals surface area contributed by atoms with Gasteiger partial charge in [-0.2, -0.15) is 0 Å². The van der Waals surface area contributed by atoms with Gasteiger partial charge in [0.1, 0.15) is 6.23 Å². The average Bonchev–Trinajstić information content (AvgIpc) is 2.77. The van der Waals surface area contributed by atoms with Gasteiger partial charge >= 0.3 is 6.09 Å². The van der Waals surface area contributed by atoms with Gasteiger partial charge in [0.25, 0.3) is 0 Å². The molecule has 0 aromatic heterocycles. The predicted octanol–water partition coefficient (Wildman–Crippen LogP) is 0.781. The lowest BCUT2D eigenvalue weighted by Crippen LogP contribution is -2.53. The van der Waals surface area contributed by atoms with Crippen molar-refractivity contribution in [2.45, 2.75) is 39.0 Å². The summed E-state index contributed by atoms with van der Waals surface area (Å²) in [4.78, 5) is 13.2. The number of carbonyl (C=O) groups is 1. The van der Waals surface area contributed by atoms with Gasteiger partial charge in [0.2, 0.25) is 0 Å². The molecule has 94 valence electrons. The first-order valence-corrected chi connectivity index (χ1v) is 5.83. The number of amides is 1. The maximum Gasteiger partial charge on any atom is 0.407 e. The summed E-state index contributed by atoms with van der Waals surface area (Å²) in [6.45, 7) is 5.74. The number of hydrogen-bond donors (Lipinski definition) is 2. The molecule has 0 aromatic carbocycles. The van der Waals surface area contributed by atoms with Crippen LogP contribution in [0.15, 0.2) is 0 Å². The highest BCUT2D eigenvalue weighted by atomic mass is 16.5. The van der Waals surface area contributed by atoms with E-state index in [4.69, 9.17) is 0 Å². The van der Waals surface area contributed by atoms with Crippen molar-refractivity contribution in [2.24, 2.45) is 5.92 Å². The monoisotopic (exact) mass is 230 g/mol. The first-order valence-electron chi connectivity index (χ1n) is 5.83. The highest BCUT2D eigenvalue weighted by Crippen LogP contribution is 2.16. The molecule has 5 nitrogen and oxygen atoms in total. The second kappa shape index (κ2) is 6.06. The van der Waals surface area contributed by atoms with Crippen LogP contribution in [0.5, 0.6) is 0 Å². The molecule has 1 saturated heterocycles. The molecule has 0 spiro atoms. The van der Waals surface area contributed by atoms with Gasteiger partial charge in [-0.25, -0.2) is 4.79 Å². The second-order valence-corrected chi connectivity index (χ2v) is 4.56. The molecule has 1 rings (SSSR count). The number of aliphatic hydroxyl groups is 1. The fourth-order valence-corrected chi connectivity index (χ4v) is 2.01. The first-order chi connectivity index (χ1) is 7.56. The third-order valence-corrected chi connectivity index (χ3v) is 3.02. The molecule has 0 unspecified atom stereocenters. The van der Waals surface area contributed by atoms with Crippen molar-refractivity contribution >= 4 is 6.09 Å². The van der Waals surface area contributed by atoms with E-state index in [1.54, 1.807) is 0 Å². The molecule has 1 aliphatic heterocycles. The van der Waals surface area contributed by atoms with E-state index in [2.05, 4.69) is 10.1 Å². The van der Waals surface area contributed by atoms with Crippen molar-refractivity contribution < 1.29 is 14.6 Å². The molecule has 1 fully saturated rings. The SMILES string of the molecule is COC(=O)N[C@@H](C(C)C)[C@@H](O)N1CCCC1. The molecule has 0 bridgehead atoms. The third-order valence-electron chi connectivity index (χ3n) is 3.02. The van der Waals surface area contributed by atoms with E-state index in [0.717, 1.165) is 25.9 Å². The van der Waals surface area contributed by atoms with Gasteiger partial charge in [-0.15, -0.1) is 0 Å². The van der Waals surface area contributed by atoms with Crippen molar-refractivity contribution in [2.75, 3.05) is 20.2 Å². The van der Waals surface area contributed by atoms with Gasteiger partial charge in [-0.1, -0.05) is 13.8 Å². The molecule has 2 atom stereocenters. The Morgan fingerprint density at radius 2 is 1.94 bits per heavy atom. The molecule has 16 heavy (non-hydrogen) atoms. The Bertz CT molecular complexity index is 227. The summed E-state index contributed by atoms with van der Waals surface area (Å²) in [6, 6.07) is -0.287. The number of likely N-dealkylation sites (tertiary alicyclic amines) is 1. The molecule has 0 radical (unpaired) electrons. The molecule has 0 aliphatic carbocycles. The zero-order valence-electron chi connectivity index (χ0n) is 10.3. The molecule has 1 aliphatic rings. The van der Waals surface area contributed by atoms with Crippen LogP contribution in [0.2, 0.25) is 0 Å². The van der Waals surface area contributed by atoms with Crippen LogP contribution in [-0.4, -0.2) is 48.6 Å². The van der Waals surface area contributed by atoms with E-state index >= 15 is 0 Å². The van der Waals surface area contributed by atoms with Crippen LogP contribution in [0.1, 0.15) is 26.7 Å². The second-order valence-electron chi connectivity index (χ2n) is 4.56. The van der Waals surface area contributed by atoms with E-state index in [-0.39, 0.29) is 12.0 Å². The number of nitrogens with one attached hydrogen (secondary N) is 1. The Hall–Kier alpha value is -0.810. The lowest BCUT2D eigenvalue weighted by molar-refractivity contribution is -0.0215. The van der Waals surface area contributed by atoms with Crippen LogP contribution in [-0.2, 0) is 4.74 Å². The van der Waals surface area contributed by atoms with Crippen molar-refractivity contribution in [1.82, 2.24) is 10.2 Å². The summed E-state index contributed by atoms with van der Waals surface area (Å²) in [7, 11) is 1.33. The van der Waals surface area contributed by atoms with E-state index in [1.807, 2.05) is 18.7 Å². The number of ether oxygens (including phenoxy) is 1. The standard InChI is InChI=1S/C11H22N2O3/c1-8(2)9(12-11(15)16-3)10(14)13-6-4-5-7-13/h8-10,14H,4-7H2,1-3H3,(H,12,15)/t9-,10+/m0/s1. The smallest absolute Gasteiger partial charge is 0.407 e. The lowest BCUT2D eigenvalue weighted by atomic mass is 10.0. The summed E-state index contributed by atoms with van der Waals surface area (Å²) in [6.07, 6.45) is 1.11. The minimum absolute atomic E-state index is 0.162. The number of carbonyl (C=O) groups excluding carboxylic acids is 1. The van der Waals surface area contributed by atoms with E-state index in [1.165, 1.54) is 7.11 Å². The number of methoxy groups -OCH3 is 1. The number of nitrogens with zero attached hydrogens (tertiary/aromatic N) is 1. The molecule has 0 aromatic rings. The summed E-state index contributed by atoms with van der Waals surface area (Å²) in [5.74, 6) is 0.162. The molecule has 0 saturated carbocycles. The molecular weight excluding hydrogens is 208 g/mol. The number of alkyl carbamates (subject to hydrolysis) is 1. The third kappa shape index (κ3) is 3.35. The van der Waals surface area contributed by atoms with Crippen molar-refractivity contribution in [3.8, 4) is 0 Å². The van der Waals surface area contributed by atoms with Crippen LogP contribution in [0.3, 0.4) is 0 Å². The van der Waals surface area contributed by atoms with Gasteiger partial charge in [0.15, 0.2) is 0 Å². The zero-order chi connectivity index (χ0) is 12.1. The van der Waals surface area contributed by atoms with Gasteiger partial charge in [0.05, 0.1) is 13.2 Å². The molecule has 1 heterocycles. The van der Waals surface area contributed by atoms with Crippen LogP contribution < -0.4 is 5.32 Å².